The summed E-state index contributed by atoms with van der Waals surface area (Å²) in [7, 11) is -1.40. The molecule has 1 fully saturated rings. The molecule has 1 saturated heterocycles. The van der Waals surface area contributed by atoms with Crippen LogP contribution in [0.2, 0.25) is 0 Å². The molecule has 0 aromatic carbocycles. The molecule has 17 heavy (non-hydrogen) atoms. The first kappa shape index (κ1) is 13.0. The van der Waals surface area contributed by atoms with Gasteiger partial charge in [0.05, 0.1) is 0 Å². The Labute approximate surface area is 106 Å². The van der Waals surface area contributed by atoms with Crippen molar-refractivity contribution in [2.24, 2.45) is 5.14 Å². The Morgan fingerprint density at radius 2 is 2.24 bits per heavy atom. The molecule has 6 heteroatoms. The van der Waals surface area contributed by atoms with Crippen LogP contribution in [0.5, 0.6) is 0 Å². The van der Waals surface area contributed by atoms with Crippen molar-refractivity contribution in [2.45, 2.75) is 38.1 Å². The molecule has 98 valence electrons. The second-order valence-electron chi connectivity index (χ2n) is 5.22. The molecular weight excluding hydrogens is 236 g/mol. The third-order valence-corrected chi connectivity index (χ3v) is 4.53. The lowest BCUT2D eigenvalue weighted by atomic mass is 10.2. The topological polar surface area (TPSA) is 61.6 Å². The summed E-state index contributed by atoms with van der Waals surface area (Å²) >= 11 is 0. The zero-order chi connectivity index (χ0) is 12.6. The van der Waals surface area contributed by atoms with Gasteiger partial charge in [0.2, 0.25) is 0 Å². The van der Waals surface area contributed by atoms with E-state index in [9.17, 15) is 4.21 Å². The summed E-state index contributed by atoms with van der Waals surface area (Å²) < 4.78 is 11.6. The van der Waals surface area contributed by atoms with Crippen molar-refractivity contribution in [2.75, 3.05) is 19.6 Å². The van der Waals surface area contributed by atoms with Crippen molar-refractivity contribution < 1.29 is 4.21 Å². The maximum Gasteiger partial charge on any atom is 0.143 e. The van der Waals surface area contributed by atoms with Crippen LogP contribution >= 0.6 is 0 Å². The summed E-state index contributed by atoms with van der Waals surface area (Å²) in [6.07, 6.45) is 3.12. The van der Waals surface area contributed by atoms with Crippen LogP contribution in [-0.4, -0.2) is 44.7 Å². The minimum atomic E-state index is -1.40. The number of nitrogens with one attached hydrogen (secondary N) is 1. The van der Waals surface area contributed by atoms with Crippen LogP contribution in [0.4, 0.5) is 0 Å². The summed E-state index contributed by atoms with van der Waals surface area (Å²) in [4.78, 5) is 1.81. The first-order chi connectivity index (χ1) is 7.92. The molecule has 2 unspecified atom stereocenters. The van der Waals surface area contributed by atoms with Crippen molar-refractivity contribution in [3.8, 4) is 0 Å². The molecule has 0 bridgehead atoms. The highest BCUT2D eigenvalue weighted by atomic mass is 32.2. The van der Waals surface area contributed by atoms with Crippen LogP contribution in [0.25, 0.3) is 0 Å². The van der Waals surface area contributed by atoms with Gasteiger partial charge in [0.25, 0.3) is 0 Å². The van der Waals surface area contributed by atoms with E-state index >= 15 is 0 Å². The van der Waals surface area contributed by atoms with Crippen LogP contribution in [0, 0.1) is 0 Å². The molecule has 0 aromatic heterocycles. The van der Waals surface area contributed by atoms with E-state index < -0.39 is 15.9 Å². The molecule has 2 atom stereocenters. The van der Waals surface area contributed by atoms with E-state index in [-0.39, 0.29) is 0 Å². The van der Waals surface area contributed by atoms with Gasteiger partial charge in [0, 0.05) is 31.4 Å². The van der Waals surface area contributed by atoms with Gasteiger partial charge in [-0.1, -0.05) is 0 Å². The standard InChI is InChI=1S/C11H22N4OS/c1-9(2)14-5-4-6-15-10(8-14)7-11(3,13-15)17(12)16/h7,9,13H,4-6,8,12H2,1-3H3. The van der Waals surface area contributed by atoms with E-state index in [1.165, 1.54) is 5.70 Å². The van der Waals surface area contributed by atoms with Gasteiger partial charge in [-0.05, 0) is 33.3 Å². The Kier molecular flexibility index (Phi) is 3.58. The van der Waals surface area contributed by atoms with Crippen LogP contribution < -0.4 is 10.6 Å². The zero-order valence-electron chi connectivity index (χ0n) is 10.8. The summed E-state index contributed by atoms with van der Waals surface area (Å²) in [6.45, 7) is 9.25. The van der Waals surface area contributed by atoms with Crippen molar-refractivity contribution in [3.05, 3.63) is 11.8 Å². The van der Waals surface area contributed by atoms with Crippen molar-refractivity contribution in [1.29, 1.82) is 0 Å². The van der Waals surface area contributed by atoms with E-state index in [0.717, 1.165) is 26.1 Å². The molecule has 0 spiro atoms. The molecule has 0 aromatic rings. The third kappa shape index (κ3) is 2.54. The van der Waals surface area contributed by atoms with Crippen molar-refractivity contribution in [3.63, 3.8) is 0 Å². The average Bonchev–Trinajstić information content (AvgIpc) is 2.42. The van der Waals surface area contributed by atoms with Crippen molar-refractivity contribution in [1.82, 2.24) is 15.3 Å². The molecule has 2 heterocycles. The fraction of sp³-hybridized carbons (Fsp3) is 0.818. The minimum absolute atomic E-state index is 0.533. The lowest BCUT2D eigenvalue weighted by Crippen LogP contribution is -2.50. The molecule has 3 N–H and O–H groups in total. The first-order valence-corrected chi connectivity index (χ1v) is 7.31. The van der Waals surface area contributed by atoms with E-state index in [0.29, 0.717) is 6.04 Å². The Morgan fingerprint density at radius 3 is 2.82 bits per heavy atom. The Hall–Kier alpha value is -0.430. The number of nitrogens with zero attached hydrogens (tertiary/aromatic N) is 2. The van der Waals surface area contributed by atoms with E-state index in [4.69, 9.17) is 5.14 Å². The quantitative estimate of drug-likeness (QED) is 0.740. The predicted octanol–water partition coefficient (Wildman–Crippen LogP) is 0.143. The number of hydrogen-bond donors (Lipinski definition) is 2. The number of fused-ring (bicyclic) bond motifs is 1. The lowest BCUT2D eigenvalue weighted by Gasteiger charge is -2.26. The second-order valence-corrected chi connectivity index (χ2v) is 6.66. The molecule has 5 nitrogen and oxygen atoms in total. The summed E-state index contributed by atoms with van der Waals surface area (Å²) in [5, 5.41) is 7.65. The molecule has 2 rings (SSSR count). The number of hydrazine groups is 1. The third-order valence-electron chi connectivity index (χ3n) is 3.49. The lowest BCUT2D eigenvalue weighted by molar-refractivity contribution is 0.238. The van der Waals surface area contributed by atoms with E-state index in [1.54, 1.807) is 0 Å². The van der Waals surface area contributed by atoms with Gasteiger partial charge in [-0.2, -0.15) is 0 Å². The number of rotatable bonds is 2. The van der Waals surface area contributed by atoms with Crippen LogP contribution in [-0.2, 0) is 11.0 Å². The molecule has 0 aliphatic carbocycles. The maximum atomic E-state index is 11.6. The average molecular weight is 258 g/mol. The maximum absolute atomic E-state index is 11.6. The molecule has 0 radical (unpaired) electrons. The molecule has 0 saturated carbocycles. The highest BCUT2D eigenvalue weighted by molar-refractivity contribution is 7.84. The summed E-state index contributed by atoms with van der Waals surface area (Å²) in [5.41, 5.74) is 4.45. The molecule has 2 aliphatic rings. The highest BCUT2D eigenvalue weighted by Crippen LogP contribution is 2.25. The van der Waals surface area contributed by atoms with Crippen molar-refractivity contribution >= 4 is 11.0 Å². The van der Waals surface area contributed by atoms with Crippen LogP contribution in [0.1, 0.15) is 27.2 Å². The van der Waals surface area contributed by atoms with Gasteiger partial charge < -0.3 is 5.01 Å². The van der Waals surface area contributed by atoms with Gasteiger partial charge >= 0.3 is 0 Å². The first-order valence-electron chi connectivity index (χ1n) is 6.10. The predicted molar refractivity (Wildman–Crippen MR) is 70.0 cm³/mol. The van der Waals surface area contributed by atoms with Gasteiger partial charge in [0.15, 0.2) is 0 Å². The zero-order valence-corrected chi connectivity index (χ0v) is 11.6. The highest BCUT2D eigenvalue weighted by Gasteiger charge is 2.38. The number of hydrogen-bond acceptors (Lipinski definition) is 4. The van der Waals surface area contributed by atoms with Gasteiger partial charge in [-0.25, -0.2) is 14.8 Å². The monoisotopic (exact) mass is 258 g/mol. The van der Waals surface area contributed by atoms with Gasteiger partial charge in [0.1, 0.15) is 15.9 Å². The Morgan fingerprint density at radius 1 is 1.53 bits per heavy atom. The van der Waals surface area contributed by atoms with Crippen LogP contribution in [0.3, 0.4) is 0 Å². The largest absolute Gasteiger partial charge is 0.310 e. The van der Waals surface area contributed by atoms with E-state index in [1.807, 2.05) is 13.0 Å². The Balaban J connectivity index is 2.19. The fourth-order valence-electron chi connectivity index (χ4n) is 2.36. The molecule has 0 amide bonds. The SMILES string of the molecule is CC(C)N1CCCN2NC(C)(S(N)=O)C=C2C1. The Bertz CT molecular complexity index is 357. The summed E-state index contributed by atoms with van der Waals surface area (Å²) in [5.74, 6) is 0. The summed E-state index contributed by atoms with van der Waals surface area (Å²) in [6, 6.07) is 0.533. The molecule has 2 aliphatic heterocycles. The smallest absolute Gasteiger partial charge is 0.143 e. The minimum Gasteiger partial charge on any atom is -0.310 e. The van der Waals surface area contributed by atoms with Crippen LogP contribution in [0.15, 0.2) is 11.8 Å². The van der Waals surface area contributed by atoms with Gasteiger partial charge in [-0.15, -0.1) is 0 Å². The molecular formula is C11H22N4OS. The second kappa shape index (κ2) is 4.68. The van der Waals surface area contributed by atoms with Gasteiger partial charge in [-0.3, -0.25) is 4.90 Å². The fourth-order valence-corrected chi connectivity index (χ4v) is 2.81. The van der Waals surface area contributed by atoms with E-state index in [2.05, 4.69) is 29.2 Å². The number of nitrogens with two attached hydrogens (primary N) is 1. The normalized spacial score (nSPS) is 32.3.